The molecule has 0 radical (unpaired) electrons. The molecule has 154 valence electrons. The lowest BCUT2D eigenvalue weighted by atomic mass is 9.95. The van der Waals surface area contributed by atoms with Gasteiger partial charge in [0.15, 0.2) is 0 Å². The van der Waals surface area contributed by atoms with Crippen molar-refractivity contribution in [2.75, 3.05) is 5.32 Å². The van der Waals surface area contributed by atoms with Crippen LogP contribution in [0.4, 0.5) is 5.69 Å². The fourth-order valence-corrected chi connectivity index (χ4v) is 3.61. The molecule has 5 nitrogen and oxygen atoms in total. The number of amides is 1. The van der Waals surface area contributed by atoms with Gasteiger partial charge in [-0.15, -0.1) is 0 Å². The molecule has 0 aliphatic rings. The third kappa shape index (κ3) is 4.13. The lowest BCUT2D eigenvalue weighted by Gasteiger charge is -2.16. The Morgan fingerprint density at radius 3 is 2.19 bits per heavy atom. The molecule has 0 saturated heterocycles. The topological polar surface area (TPSA) is 64.0 Å². The van der Waals surface area contributed by atoms with E-state index in [1.165, 1.54) is 4.68 Å². The quantitative estimate of drug-likeness (QED) is 0.477. The molecule has 0 aliphatic carbocycles. The maximum absolute atomic E-state index is 13.4. The van der Waals surface area contributed by atoms with Crippen molar-refractivity contribution in [1.82, 2.24) is 9.78 Å². The molecule has 4 rings (SSSR count). The SMILES string of the molecule is Cc1ccc(Cl)cc1NC(=O)c1c(-c2ccccc2)c(-c2ccccc2)nn(C)c1=O. The zero-order chi connectivity index (χ0) is 22.0. The van der Waals surface area contributed by atoms with Crippen LogP contribution in [0.15, 0.2) is 83.7 Å². The average molecular weight is 430 g/mol. The van der Waals surface area contributed by atoms with Gasteiger partial charge in [-0.1, -0.05) is 78.3 Å². The number of halogens is 1. The molecule has 3 aromatic carbocycles. The lowest BCUT2D eigenvalue weighted by molar-refractivity contribution is 0.102. The fraction of sp³-hybridized carbons (Fsp3) is 0.0800. The van der Waals surface area contributed by atoms with Crippen molar-refractivity contribution >= 4 is 23.2 Å². The lowest BCUT2D eigenvalue weighted by Crippen LogP contribution is -2.31. The molecule has 0 atom stereocenters. The average Bonchev–Trinajstić information content (AvgIpc) is 2.78. The maximum atomic E-state index is 13.4. The van der Waals surface area contributed by atoms with E-state index in [1.54, 1.807) is 19.2 Å². The smallest absolute Gasteiger partial charge is 0.280 e. The number of aromatic nitrogens is 2. The summed E-state index contributed by atoms with van der Waals surface area (Å²) in [5, 5.41) is 7.86. The van der Waals surface area contributed by atoms with Crippen LogP contribution in [0.5, 0.6) is 0 Å². The van der Waals surface area contributed by atoms with Crippen LogP contribution in [0.3, 0.4) is 0 Å². The minimum absolute atomic E-state index is 0.0296. The van der Waals surface area contributed by atoms with Gasteiger partial charge in [0.2, 0.25) is 0 Å². The van der Waals surface area contributed by atoms with E-state index in [9.17, 15) is 9.59 Å². The van der Waals surface area contributed by atoms with E-state index in [-0.39, 0.29) is 5.56 Å². The van der Waals surface area contributed by atoms with Crippen LogP contribution in [0, 0.1) is 6.92 Å². The fourth-order valence-electron chi connectivity index (χ4n) is 3.44. The number of nitrogens with zero attached hydrogens (tertiary/aromatic N) is 2. The molecule has 0 fully saturated rings. The van der Waals surface area contributed by atoms with Gasteiger partial charge in [-0.05, 0) is 30.2 Å². The Bertz CT molecular complexity index is 1320. The van der Waals surface area contributed by atoms with E-state index in [0.29, 0.717) is 22.0 Å². The van der Waals surface area contributed by atoms with Crippen LogP contribution < -0.4 is 10.9 Å². The van der Waals surface area contributed by atoms with Crippen molar-refractivity contribution in [3.8, 4) is 22.4 Å². The summed E-state index contributed by atoms with van der Waals surface area (Å²) in [6, 6.07) is 24.1. The van der Waals surface area contributed by atoms with E-state index < -0.39 is 11.5 Å². The van der Waals surface area contributed by atoms with Crippen molar-refractivity contribution in [2.45, 2.75) is 6.92 Å². The van der Waals surface area contributed by atoms with Gasteiger partial charge in [-0.3, -0.25) is 9.59 Å². The first kappa shape index (κ1) is 20.6. The Hall–Kier alpha value is -3.70. The monoisotopic (exact) mass is 429 g/mol. The molecular formula is C25H20ClN3O2. The van der Waals surface area contributed by atoms with Crippen LogP contribution in [0.25, 0.3) is 22.4 Å². The summed E-state index contributed by atoms with van der Waals surface area (Å²) in [6.07, 6.45) is 0. The van der Waals surface area contributed by atoms with E-state index in [0.717, 1.165) is 16.7 Å². The minimum Gasteiger partial charge on any atom is -0.322 e. The number of rotatable bonds is 4. The summed E-state index contributed by atoms with van der Waals surface area (Å²) in [7, 11) is 1.55. The number of nitrogens with one attached hydrogen (secondary N) is 1. The van der Waals surface area contributed by atoms with Gasteiger partial charge in [0.1, 0.15) is 5.56 Å². The normalized spacial score (nSPS) is 10.7. The Balaban J connectivity index is 1.97. The number of hydrogen-bond acceptors (Lipinski definition) is 3. The Morgan fingerprint density at radius 1 is 0.935 bits per heavy atom. The third-order valence-corrected chi connectivity index (χ3v) is 5.26. The molecule has 1 N–H and O–H groups in total. The number of carbonyl (C=O) groups excluding carboxylic acids is 1. The number of benzene rings is 3. The summed E-state index contributed by atoms with van der Waals surface area (Å²) >= 11 is 6.11. The van der Waals surface area contributed by atoms with E-state index in [2.05, 4.69) is 10.4 Å². The molecule has 0 spiro atoms. The largest absolute Gasteiger partial charge is 0.322 e. The van der Waals surface area contributed by atoms with Crippen molar-refractivity contribution in [1.29, 1.82) is 0 Å². The molecule has 1 amide bonds. The summed E-state index contributed by atoms with van der Waals surface area (Å²) in [5.74, 6) is -0.510. The molecular weight excluding hydrogens is 410 g/mol. The van der Waals surface area contributed by atoms with Crippen LogP contribution in [0.2, 0.25) is 5.02 Å². The predicted molar refractivity (Wildman–Crippen MR) is 124 cm³/mol. The Kier molecular flexibility index (Phi) is 5.69. The molecule has 0 bridgehead atoms. The minimum atomic E-state index is -0.510. The Labute approximate surface area is 184 Å². The highest BCUT2D eigenvalue weighted by Crippen LogP contribution is 2.32. The van der Waals surface area contributed by atoms with Crippen LogP contribution in [0.1, 0.15) is 15.9 Å². The number of aryl methyl sites for hydroxylation is 2. The first-order valence-corrected chi connectivity index (χ1v) is 10.1. The first-order valence-electron chi connectivity index (χ1n) is 9.75. The molecule has 1 heterocycles. The van der Waals surface area contributed by atoms with Crippen molar-refractivity contribution < 1.29 is 4.79 Å². The first-order chi connectivity index (χ1) is 15.0. The Morgan fingerprint density at radius 2 is 1.55 bits per heavy atom. The van der Waals surface area contributed by atoms with Crippen molar-refractivity contribution in [2.24, 2.45) is 7.05 Å². The second-order valence-electron chi connectivity index (χ2n) is 7.17. The molecule has 0 saturated carbocycles. The van der Waals surface area contributed by atoms with Gasteiger partial charge in [-0.25, -0.2) is 4.68 Å². The maximum Gasteiger partial charge on any atom is 0.280 e. The summed E-state index contributed by atoms with van der Waals surface area (Å²) in [4.78, 5) is 26.6. The molecule has 31 heavy (non-hydrogen) atoms. The second kappa shape index (κ2) is 8.58. The molecule has 1 aromatic heterocycles. The second-order valence-corrected chi connectivity index (χ2v) is 7.61. The predicted octanol–water partition coefficient (Wildman–Crippen LogP) is 5.33. The van der Waals surface area contributed by atoms with E-state index in [1.807, 2.05) is 73.7 Å². The van der Waals surface area contributed by atoms with Gasteiger partial charge in [0, 0.05) is 28.9 Å². The number of anilines is 1. The van der Waals surface area contributed by atoms with Gasteiger partial charge < -0.3 is 5.32 Å². The van der Waals surface area contributed by atoms with Crippen LogP contribution >= 0.6 is 11.6 Å². The van der Waals surface area contributed by atoms with Crippen LogP contribution in [-0.2, 0) is 7.05 Å². The highest BCUT2D eigenvalue weighted by atomic mass is 35.5. The summed E-state index contributed by atoms with van der Waals surface area (Å²) in [5.41, 5.74) is 3.54. The summed E-state index contributed by atoms with van der Waals surface area (Å²) < 4.78 is 1.20. The van der Waals surface area contributed by atoms with E-state index in [4.69, 9.17) is 11.6 Å². The standard InChI is InChI=1S/C25H20ClN3O2/c1-16-13-14-19(26)15-20(16)27-24(30)22-21(17-9-5-3-6-10-17)23(28-29(2)25(22)31)18-11-7-4-8-12-18/h3-15H,1-2H3,(H,27,30). The zero-order valence-electron chi connectivity index (χ0n) is 17.1. The van der Waals surface area contributed by atoms with Gasteiger partial charge in [0.05, 0.1) is 5.69 Å². The third-order valence-electron chi connectivity index (χ3n) is 5.03. The number of carbonyl (C=O) groups is 1. The van der Waals surface area contributed by atoms with Crippen molar-refractivity contribution in [3.63, 3.8) is 0 Å². The highest BCUT2D eigenvalue weighted by molar-refractivity contribution is 6.31. The highest BCUT2D eigenvalue weighted by Gasteiger charge is 2.24. The van der Waals surface area contributed by atoms with E-state index >= 15 is 0 Å². The summed E-state index contributed by atoms with van der Waals surface area (Å²) in [6.45, 7) is 1.87. The van der Waals surface area contributed by atoms with Gasteiger partial charge >= 0.3 is 0 Å². The van der Waals surface area contributed by atoms with Crippen LogP contribution in [-0.4, -0.2) is 15.7 Å². The van der Waals surface area contributed by atoms with Gasteiger partial charge in [-0.2, -0.15) is 5.10 Å². The number of hydrogen-bond donors (Lipinski definition) is 1. The molecule has 0 aliphatic heterocycles. The van der Waals surface area contributed by atoms with Crippen molar-refractivity contribution in [3.05, 3.63) is 105 Å². The zero-order valence-corrected chi connectivity index (χ0v) is 17.9. The van der Waals surface area contributed by atoms with Gasteiger partial charge in [0.25, 0.3) is 11.5 Å². The molecule has 0 unspecified atom stereocenters. The molecule has 6 heteroatoms. The molecule has 4 aromatic rings.